The molecule has 0 aromatic carbocycles. The van der Waals surface area contributed by atoms with E-state index in [2.05, 4.69) is 10.1 Å². The van der Waals surface area contributed by atoms with Gasteiger partial charge in [0.05, 0.1) is 19.1 Å². The molecule has 94 valence electrons. The van der Waals surface area contributed by atoms with Crippen molar-refractivity contribution in [2.24, 2.45) is 0 Å². The second kappa shape index (κ2) is 8.10. The first kappa shape index (κ1) is 14.9. The molecule has 0 spiro atoms. The highest BCUT2D eigenvalue weighted by molar-refractivity contribution is 6.34. The van der Waals surface area contributed by atoms with Gasteiger partial charge in [0.2, 0.25) is 0 Å². The molecular formula is C10H15N3O4. The van der Waals surface area contributed by atoms with Gasteiger partial charge < -0.3 is 15.0 Å². The molecule has 0 bridgehead atoms. The molecule has 17 heavy (non-hydrogen) atoms. The summed E-state index contributed by atoms with van der Waals surface area (Å²) in [6, 6.07) is 1.68. The van der Waals surface area contributed by atoms with Crippen molar-refractivity contribution in [3.63, 3.8) is 0 Å². The number of rotatable bonds is 5. The molecule has 0 saturated heterocycles. The van der Waals surface area contributed by atoms with Gasteiger partial charge in [-0.25, -0.2) is 0 Å². The standard InChI is InChI=1S/C10H15N3O4/c1-3-17-8(14)4-7-13(2)10(16)9(15)12-6-5-11/h3-4,6-7H2,1-2H3,(H,12,15). The second-order valence-electron chi connectivity index (χ2n) is 3.12. The van der Waals surface area contributed by atoms with Crippen molar-refractivity contribution in [3.8, 4) is 6.07 Å². The summed E-state index contributed by atoms with van der Waals surface area (Å²) in [4.78, 5) is 34.6. The molecule has 0 atom stereocenters. The number of carbonyl (C=O) groups is 3. The van der Waals surface area contributed by atoms with E-state index < -0.39 is 17.8 Å². The summed E-state index contributed by atoms with van der Waals surface area (Å²) in [6.07, 6.45) is 0.0294. The first-order chi connectivity index (χ1) is 8.02. The number of ether oxygens (including phenoxy) is 1. The van der Waals surface area contributed by atoms with E-state index in [4.69, 9.17) is 5.26 Å². The van der Waals surface area contributed by atoms with Crippen LogP contribution in [0.2, 0.25) is 0 Å². The molecule has 0 aromatic rings. The first-order valence-corrected chi connectivity index (χ1v) is 5.08. The third-order valence-corrected chi connectivity index (χ3v) is 1.83. The zero-order valence-corrected chi connectivity index (χ0v) is 9.86. The maximum absolute atomic E-state index is 11.4. The Bertz CT molecular complexity index is 335. The van der Waals surface area contributed by atoms with Gasteiger partial charge in [-0.3, -0.25) is 14.4 Å². The van der Waals surface area contributed by atoms with Crippen molar-refractivity contribution < 1.29 is 19.1 Å². The minimum atomic E-state index is -0.863. The minimum absolute atomic E-state index is 0.0294. The Labute approximate surface area is 99.3 Å². The van der Waals surface area contributed by atoms with Crippen LogP contribution in [0.25, 0.3) is 0 Å². The van der Waals surface area contributed by atoms with Gasteiger partial charge in [-0.2, -0.15) is 5.26 Å². The smallest absolute Gasteiger partial charge is 0.311 e. The molecule has 0 aliphatic carbocycles. The van der Waals surface area contributed by atoms with Crippen LogP contribution in [0.3, 0.4) is 0 Å². The van der Waals surface area contributed by atoms with Crippen LogP contribution in [-0.4, -0.2) is 49.4 Å². The van der Waals surface area contributed by atoms with Crippen LogP contribution < -0.4 is 5.32 Å². The van der Waals surface area contributed by atoms with E-state index in [-0.39, 0.29) is 26.1 Å². The number of likely N-dealkylation sites (N-methyl/N-ethyl adjacent to an activating group) is 1. The molecule has 0 fully saturated rings. The van der Waals surface area contributed by atoms with Crippen molar-refractivity contribution in [2.75, 3.05) is 26.7 Å². The van der Waals surface area contributed by atoms with E-state index in [1.807, 2.05) is 0 Å². The van der Waals surface area contributed by atoms with Crippen molar-refractivity contribution in [3.05, 3.63) is 0 Å². The average Bonchev–Trinajstić information content (AvgIpc) is 2.32. The average molecular weight is 241 g/mol. The monoisotopic (exact) mass is 241 g/mol. The van der Waals surface area contributed by atoms with Crippen molar-refractivity contribution >= 4 is 17.8 Å². The fourth-order valence-corrected chi connectivity index (χ4v) is 0.962. The molecule has 0 rings (SSSR count). The molecule has 0 saturated carbocycles. The fraction of sp³-hybridized carbons (Fsp3) is 0.600. The van der Waals surface area contributed by atoms with Crippen LogP contribution in [0.5, 0.6) is 0 Å². The van der Waals surface area contributed by atoms with Gasteiger partial charge in [-0.15, -0.1) is 0 Å². The number of nitrogens with one attached hydrogen (secondary N) is 1. The number of nitriles is 1. The number of nitrogens with zero attached hydrogens (tertiary/aromatic N) is 2. The van der Waals surface area contributed by atoms with Crippen LogP contribution in [0.4, 0.5) is 0 Å². The molecule has 7 nitrogen and oxygen atoms in total. The Morgan fingerprint density at radius 3 is 2.59 bits per heavy atom. The van der Waals surface area contributed by atoms with Crippen LogP contribution >= 0.6 is 0 Å². The summed E-state index contributed by atoms with van der Waals surface area (Å²) >= 11 is 0. The van der Waals surface area contributed by atoms with Gasteiger partial charge in [0.1, 0.15) is 6.54 Å². The van der Waals surface area contributed by atoms with Gasteiger partial charge in [-0.05, 0) is 6.92 Å². The molecule has 2 amide bonds. The highest BCUT2D eigenvalue weighted by atomic mass is 16.5. The van der Waals surface area contributed by atoms with E-state index in [1.54, 1.807) is 13.0 Å². The highest BCUT2D eigenvalue weighted by Gasteiger charge is 2.18. The predicted octanol–water partition coefficient (Wildman–Crippen LogP) is -0.962. The molecule has 0 aliphatic rings. The lowest BCUT2D eigenvalue weighted by Gasteiger charge is -2.15. The lowest BCUT2D eigenvalue weighted by molar-refractivity contribution is -0.147. The zero-order chi connectivity index (χ0) is 13.3. The maximum atomic E-state index is 11.4. The lowest BCUT2D eigenvalue weighted by Crippen LogP contribution is -2.41. The van der Waals surface area contributed by atoms with Gasteiger partial charge in [-0.1, -0.05) is 0 Å². The summed E-state index contributed by atoms with van der Waals surface area (Å²) in [5.74, 6) is -2.08. The summed E-state index contributed by atoms with van der Waals surface area (Å²) in [6.45, 7) is 1.83. The van der Waals surface area contributed by atoms with Crippen molar-refractivity contribution in [1.82, 2.24) is 10.2 Å². The van der Waals surface area contributed by atoms with E-state index in [9.17, 15) is 14.4 Å². The molecule has 0 heterocycles. The molecule has 0 aliphatic heterocycles. The van der Waals surface area contributed by atoms with Gasteiger partial charge in [0.25, 0.3) is 0 Å². The lowest BCUT2D eigenvalue weighted by atomic mass is 10.3. The van der Waals surface area contributed by atoms with Gasteiger partial charge in [0, 0.05) is 13.6 Å². The number of esters is 1. The topological polar surface area (TPSA) is 99.5 Å². The number of amides is 2. The summed E-state index contributed by atoms with van der Waals surface area (Å²) in [5.41, 5.74) is 0. The van der Waals surface area contributed by atoms with Crippen LogP contribution in [-0.2, 0) is 19.1 Å². The molecule has 0 unspecified atom stereocenters. The normalized spacial score (nSPS) is 9.00. The SMILES string of the molecule is CCOC(=O)CCN(C)C(=O)C(=O)NCC#N. The molecule has 7 heteroatoms. The summed E-state index contributed by atoms with van der Waals surface area (Å²) in [5, 5.41) is 10.3. The van der Waals surface area contributed by atoms with Crippen LogP contribution in [0.15, 0.2) is 0 Å². The summed E-state index contributed by atoms with van der Waals surface area (Å²) in [7, 11) is 1.40. The van der Waals surface area contributed by atoms with E-state index in [0.29, 0.717) is 0 Å². The zero-order valence-electron chi connectivity index (χ0n) is 9.86. The summed E-state index contributed by atoms with van der Waals surface area (Å²) < 4.78 is 4.68. The van der Waals surface area contributed by atoms with Gasteiger partial charge >= 0.3 is 17.8 Å². The fourth-order valence-electron chi connectivity index (χ4n) is 0.962. The third kappa shape index (κ3) is 6.14. The van der Waals surface area contributed by atoms with Gasteiger partial charge in [0.15, 0.2) is 0 Å². The Morgan fingerprint density at radius 1 is 1.41 bits per heavy atom. The Hall–Kier alpha value is -2.10. The molecule has 0 aromatic heterocycles. The van der Waals surface area contributed by atoms with Crippen LogP contribution in [0.1, 0.15) is 13.3 Å². The first-order valence-electron chi connectivity index (χ1n) is 5.08. The molecule has 0 radical (unpaired) electrons. The molecule has 1 N–H and O–H groups in total. The third-order valence-electron chi connectivity index (χ3n) is 1.83. The van der Waals surface area contributed by atoms with Crippen molar-refractivity contribution in [2.45, 2.75) is 13.3 Å². The second-order valence-corrected chi connectivity index (χ2v) is 3.12. The molecular weight excluding hydrogens is 226 g/mol. The predicted molar refractivity (Wildman–Crippen MR) is 57.5 cm³/mol. The van der Waals surface area contributed by atoms with E-state index in [0.717, 1.165) is 4.90 Å². The number of hydrogen-bond donors (Lipinski definition) is 1. The number of carbonyl (C=O) groups excluding carboxylic acids is 3. The largest absolute Gasteiger partial charge is 0.466 e. The van der Waals surface area contributed by atoms with Crippen molar-refractivity contribution in [1.29, 1.82) is 5.26 Å². The number of hydrogen-bond acceptors (Lipinski definition) is 5. The maximum Gasteiger partial charge on any atom is 0.311 e. The van der Waals surface area contributed by atoms with E-state index >= 15 is 0 Å². The Kier molecular flexibility index (Phi) is 7.10. The minimum Gasteiger partial charge on any atom is -0.466 e. The quantitative estimate of drug-likeness (QED) is 0.379. The van der Waals surface area contributed by atoms with Crippen LogP contribution in [0, 0.1) is 11.3 Å². The highest BCUT2D eigenvalue weighted by Crippen LogP contribution is 1.92. The Morgan fingerprint density at radius 2 is 2.06 bits per heavy atom. The Balaban J connectivity index is 4.01. The van der Waals surface area contributed by atoms with E-state index in [1.165, 1.54) is 7.05 Å².